The topological polar surface area (TPSA) is 67.9 Å². The van der Waals surface area contributed by atoms with Crippen LogP contribution in [0.25, 0.3) is 10.1 Å². The largest absolute Gasteiger partial charge is 0.347 e. The molecule has 4 rings (SSSR count). The highest BCUT2D eigenvalue weighted by Crippen LogP contribution is 2.35. The van der Waals surface area contributed by atoms with Gasteiger partial charge in [0.2, 0.25) is 5.91 Å². The maximum Gasteiger partial charge on any atom is 0.263 e. The van der Waals surface area contributed by atoms with E-state index in [1.807, 2.05) is 24.3 Å². The summed E-state index contributed by atoms with van der Waals surface area (Å²) in [5.41, 5.74) is 0. The Morgan fingerprint density at radius 1 is 1.19 bits per heavy atom. The number of ether oxygens (including phenoxy) is 2. The predicted octanol–water partition coefficient (Wildman–Crippen LogP) is 2.65. The molecule has 26 heavy (non-hydrogen) atoms. The molecule has 1 aromatic heterocycles. The number of hydrogen-bond acceptors (Lipinski definition) is 5. The molecule has 2 fully saturated rings. The molecule has 1 N–H and O–H groups in total. The van der Waals surface area contributed by atoms with E-state index in [2.05, 4.69) is 5.32 Å². The van der Waals surface area contributed by atoms with Crippen molar-refractivity contribution in [3.05, 3.63) is 34.2 Å². The highest BCUT2D eigenvalue weighted by Gasteiger charge is 2.40. The molecule has 2 aliphatic rings. The van der Waals surface area contributed by atoms with Crippen molar-refractivity contribution in [2.45, 2.75) is 18.6 Å². The first-order valence-corrected chi connectivity index (χ1v) is 9.78. The summed E-state index contributed by atoms with van der Waals surface area (Å²) in [6.07, 6.45) is 1.32. The van der Waals surface area contributed by atoms with Crippen molar-refractivity contribution in [3.63, 3.8) is 0 Å². The van der Waals surface area contributed by atoms with Crippen LogP contribution in [0.1, 0.15) is 22.5 Å². The van der Waals surface area contributed by atoms with Crippen LogP contribution in [-0.4, -0.2) is 55.3 Å². The molecule has 1 spiro atoms. The molecule has 0 radical (unpaired) electrons. The lowest BCUT2D eigenvalue weighted by molar-refractivity contribution is -0.187. The van der Waals surface area contributed by atoms with Crippen LogP contribution in [0, 0.1) is 0 Å². The minimum absolute atomic E-state index is 0.0435. The van der Waals surface area contributed by atoms with Gasteiger partial charge >= 0.3 is 0 Å². The number of rotatable bonds is 3. The lowest BCUT2D eigenvalue weighted by Gasteiger charge is -2.37. The molecule has 6 nitrogen and oxygen atoms in total. The molecule has 0 atom stereocenters. The molecule has 0 bridgehead atoms. The van der Waals surface area contributed by atoms with E-state index in [1.165, 1.54) is 11.3 Å². The summed E-state index contributed by atoms with van der Waals surface area (Å²) >= 11 is 7.64. The summed E-state index contributed by atoms with van der Waals surface area (Å²) in [5, 5.41) is 3.98. The van der Waals surface area contributed by atoms with Crippen LogP contribution in [0.15, 0.2) is 24.3 Å². The van der Waals surface area contributed by atoms with Gasteiger partial charge in [-0.3, -0.25) is 9.59 Å². The Kier molecular flexibility index (Phi) is 4.88. The summed E-state index contributed by atoms with van der Waals surface area (Å²) in [7, 11) is 0. The van der Waals surface area contributed by atoms with E-state index in [4.69, 9.17) is 21.1 Å². The van der Waals surface area contributed by atoms with Crippen molar-refractivity contribution in [2.24, 2.45) is 0 Å². The molecule has 1 aromatic carbocycles. The third-order valence-corrected chi connectivity index (χ3v) is 6.51. The minimum atomic E-state index is -0.509. The third kappa shape index (κ3) is 3.32. The number of thiophene rings is 1. The highest BCUT2D eigenvalue weighted by molar-refractivity contribution is 7.21. The van der Waals surface area contributed by atoms with Crippen LogP contribution in [-0.2, 0) is 14.3 Å². The monoisotopic (exact) mass is 394 g/mol. The summed E-state index contributed by atoms with van der Waals surface area (Å²) in [6, 6.07) is 7.59. The van der Waals surface area contributed by atoms with Gasteiger partial charge in [0.05, 0.1) is 24.8 Å². The van der Waals surface area contributed by atoms with Gasteiger partial charge in [-0.2, -0.15) is 0 Å². The highest BCUT2D eigenvalue weighted by atomic mass is 35.5. The molecule has 0 aliphatic carbocycles. The maximum atomic E-state index is 12.4. The Morgan fingerprint density at radius 3 is 2.58 bits per heavy atom. The van der Waals surface area contributed by atoms with E-state index in [0.717, 1.165) is 10.1 Å². The molecular formula is C18H19ClN2O4S. The zero-order chi connectivity index (χ0) is 18.1. The Bertz CT molecular complexity index is 837. The van der Waals surface area contributed by atoms with Crippen molar-refractivity contribution in [1.82, 2.24) is 10.2 Å². The standard InChI is InChI=1S/C18H19ClN2O4S/c19-15-12-3-1-2-4-13(12)26-16(15)17(23)20-11-14(22)21-7-5-18(6-8-21)24-9-10-25-18/h1-4H,5-11H2,(H,20,23). The normalized spacial score (nSPS) is 19.2. The van der Waals surface area contributed by atoms with E-state index in [9.17, 15) is 9.59 Å². The molecule has 138 valence electrons. The number of nitrogens with zero attached hydrogens (tertiary/aromatic N) is 1. The van der Waals surface area contributed by atoms with Gasteiger partial charge in [0, 0.05) is 36.0 Å². The van der Waals surface area contributed by atoms with Crippen molar-refractivity contribution >= 4 is 44.8 Å². The predicted molar refractivity (Wildman–Crippen MR) is 99.6 cm³/mol. The number of amides is 2. The van der Waals surface area contributed by atoms with Crippen LogP contribution >= 0.6 is 22.9 Å². The number of nitrogens with one attached hydrogen (secondary N) is 1. The van der Waals surface area contributed by atoms with Gasteiger partial charge in [-0.15, -0.1) is 11.3 Å². The number of piperidine rings is 1. The van der Waals surface area contributed by atoms with E-state index in [1.54, 1.807) is 4.90 Å². The van der Waals surface area contributed by atoms with Gasteiger partial charge < -0.3 is 19.7 Å². The number of fused-ring (bicyclic) bond motifs is 1. The first-order valence-electron chi connectivity index (χ1n) is 8.59. The Balaban J connectivity index is 1.34. The van der Waals surface area contributed by atoms with Gasteiger partial charge in [-0.05, 0) is 6.07 Å². The second-order valence-corrected chi connectivity index (χ2v) is 7.84. The average Bonchev–Trinajstić information content (AvgIpc) is 3.25. The molecule has 0 unspecified atom stereocenters. The summed E-state index contributed by atoms with van der Waals surface area (Å²) in [5.74, 6) is -0.936. The lowest BCUT2D eigenvalue weighted by atomic mass is 10.0. The van der Waals surface area contributed by atoms with Crippen molar-refractivity contribution in [3.8, 4) is 0 Å². The number of halogens is 1. The zero-order valence-corrected chi connectivity index (χ0v) is 15.7. The average molecular weight is 395 g/mol. The number of carbonyl (C=O) groups excluding carboxylic acids is 2. The van der Waals surface area contributed by atoms with Gasteiger partial charge in [0.15, 0.2) is 5.79 Å². The SMILES string of the molecule is O=C(NCC(=O)N1CCC2(CC1)OCCO2)c1sc2ccccc2c1Cl. The molecular weight excluding hydrogens is 376 g/mol. The van der Waals surface area contributed by atoms with Gasteiger partial charge in [-0.25, -0.2) is 0 Å². The van der Waals surface area contributed by atoms with Crippen LogP contribution in [0.5, 0.6) is 0 Å². The molecule has 3 heterocycles. The fraction of sp³-hybridized carbons (Fsp3) is 0.444. The Labute approximate surface area is 160 Å². The summed E-state index contributed by atoms with van der Waals surface area (Å²) in [4.78, 5) is 27.0. The fourth-order valence-corrected chi connectivity index (χ4v) is 4.82. The number of likely N-dealkylation sites (tertiary alicyclic amines) is 1. The minimum Gasteiger partial charge on any atom is -0.347 e. The van der Waals surface area contributed by atoms with Crippen LogP contribution in [0.4, 0.5) is 0 Å². The lowest BCUT2D eigenvalue weighted by Crippen LogP contribution is -2.49. The first-order chi connectivity index (χ1) is 12.6. The number of carbonyl (C=O) groups is 2. The second kappa shape index (κ2) is 7.15. The smallest absolute Gasteiger partial charge is 0.263 e. The first kappa shape index (κ1) is 17.7. The Morgan fingerprint density at radius 2 is 1.88 bits per heavy atom. The molecule has 2 aromatic rings. The van der Waals surface area contributed by atoms with E-state index in [-0.39, 0.29) is 18.4 Å². The van der Waals surface area contributed by atoms with Gasteiger partial charge in [0.1, 0.15) is 4.88 Å². The molecule has 2 aliphatic heterocycles. The molecule has 8 heteroatoms. The van der Waals surface area contributed by atoms with Gasteiger partial charge in [0.25, 0.3) is 5.91 Å². The number of benzene rings is 1. The second-order valence-electron chi connectivity index (χ2n) is 6.41. The van der Waals surface area contributed by atoms with Crippen LogP contribution in [0.3, 0.4) is 0 Å². The molecule has 2 saturated heterocycles. The Hall–Kier alpha value is -1.67. The fourth-order valence-electron chi connectivity index (χ4n) is 3.39. The van der Waals surface area contributed by atoms with Crippen molar-refractivity contribution < 1.29 is 19.1 Å². The van der Waals surface area contributed by atoms with E-state index in [0.29, 0.717) is 49.0 Å². The van der Waals surface area contributed by atoms with Crippen LogP contribution in [0.2, 0.25) is 5.02 Å². The van der Waals surface area contributed by atoms with Gasteiger partial charge in [-0.1, -0.05) is 29.8 Å². The van der Waals surface area contributed by atoms with E-state index < -0.39 is 5.79 Å². The zero-order valence-electron chi connectivity index (χ0n) is 14.1. The third-order valence-electron chi connectivity index (χ3n) is 4.83. The number of hydrogen-bond donors (Lipinski definition) is 1. The summed E-state index contributed by atoms with van der Waals surface area (Å²) < 4.78 is 12.3. The van der Waals surface area contributed by atoms with E-state index >= 15 is 0 Å². The summed E-state index contributed by atoms with van der Waals surface area (Å²) in [6.45, 7) is 2.31. The quantitative estimate of drug-likeness (QED) is 0.869. The van der Waals surface area contributed by atoms with Crippen LogP contribution < -0.4 is 5.32 Å². The maximum absolute atomic E-state index is 12.4. The van der Waals surface area contributed by atoms with Crippen molar-refractivity contribution in [2.75, 3.05) is 32.8 Å². The molecule has 0 saturated carbocycles. The molecule has 2 amide bonds. The van der Waals surface area contributed by atoms with Crippen molar-refractivity contribution in [1.29, 1.82) is 0 Å².